The van der Waals surface area contributed by atoms with E-state index in [4.69, 9.17) is 9.47 Å². The Balaban J connectivity index is 1.70. The molecular weight excluding hydrogens is 396 g/mol. The van der Waals surface area contributed by atoms with Gasteiger partial charge in [-0.1, -0.05) is 32.9 Å². The summed E-state index contributed by atoms with van der Waals surface area (Å²) in [6.07, 6.45) is 0.804. The van der Waals surface area contributed by atoms with Crippen LogP contribution in [0.25, 0.3) is 0 Å². The van der Waals surface area contributed by atoms with Crippen LogP contribution < -0.4 is 19.7 Å². The van der Waals surface area contributed by atoms with Gasteiger partial charge in [-0.2, -0.15) is 0 Å². The van der Waals surface area contributed by atoms with Crippen molar-refractivity contribution >= 4 is 23.3 Å². The highest BCUT2D eigenvalue weighted by atomic mass is 16.5. The monoisotopic (exact) mass is 424 g/mol. The number of nitrogens with zero attached hydrogens (tertiary/aromatic N) is 1. The van der Waals surface area contributed by atoms with Gasteiger partial charge in [0.25, 0.3) is 5.91 Å². The third kappa shape index (κ3) is 5.63. The van der Waals surface area contributed by atoms with Gasteiger partial charge in [0.15, 0.2) is 19.0 Å². The Morgan fingerprint density at radius 2 is 1.90 bits per heavy atom. The van der Waals surface area contributed by atoms with Crippen molar-refractivity contribution < 1.29 is 23.9 Å². The van der Waals surface area contributed by atoms with Crippen LogP contribution in [0.1, 0.15) is 49.0 Å². The molecule has 0 radical (unpaired) electrons. The van der Waals surface area contributed by atoms with Crippen LogP contribution in [0, 0.1) is 0 Å². The summed E-state index contributed by atoms with van der Waals surface area (Å²) in [5.41, 5.74) is 1.99. The van der Waals surface area contributed by atoms with Crippen LogP contribution in [0.2, 0.25) is 0 Å². The lowest BCUT2D eigenvalue weighted by Gasteiger charge is -2.29. The van der Waals surface area contributed by atoms with Crippen molar-refractivity contribution in [3.8, 4) is 11.5 Å². The minimum absolute atomic E-state index is 0.120. The van der Waals surface area contributed by atoms with Gasteiger partial charge in [-0.15, -0.1) is 0 Å². The lowest BCUT2D eigenvalue weighted by Crippen LogP contribution is -2.45. The Bertz CT molecular complexity index is 953. The molecule has 1 aliphatic heterocycles. The van der Waals surface area contributed by atoms with Gasteiger partial charge in [0, 0.05) is 12.1 Å². The number of amides is 2. The number of ether oxygens (including phenoxy) is 2. The largest absolute Gasteiger partial charge is 0.485 e. The fraction of sp³-hybridized carbons (Fsp3) is 0.375. The van der Waals surface area contributed by atoms with Gasteiger partial charge in [-0.05, 0) is 48.2 Å². The highest BCUT2D eigenvalue weighted by molar-refractivity contribution is 6.04. The molecule has 2 aromatic rings. The second kappa shape index (κ2) is 10.1. The molecule has 0 aromatic heterocycles. The minimum atomic E-state index is -0.328. The molecular formula is C24H28N2O5. The van der Waals surface area contributed by atoms with Crippen LogP contribution >= 0.6 is 0 Å². The number of Topliss-reactive ketones (excluding diaryl/α,β-unsaturated/α-hetero) is 1. The second-order valence-corrected chi connectivity index (χ2v) is 7.74. The Hall–Kier alpha value is -3.35. The van der Waals surface area contributed by atoms with E-state index < -0.39 is 0 Å². The Labute approximate surface area is 182 Å². The highest BCUT2D eigenvalue weighted by Gasteiger charge is 2.28. The Morgan fingerprint density at radius 1 is 1.16 bits per heavy atom. The molecule has 0 saturated heterocycles. The maximum absolute atomic E-state index is 12.7. The average molecular weight is 424 g/mol. The van der Waals surface area contributed by atoms with E-state index in [2.05, 4.69) is 19.2 Å². The molecule has 0 unspecified atom stereocenters. The highest BCUT2D eigenvalue weighted by Crippen LogP contribution is 2.33. The summed E-state index contributed by atoms with van der Waals surface area (Å²) in [6.45, 7) is 6.32. The summed E-state index contributed by atoms with van der Waals surface area (Å²) in [6, 6.07) is 12.5. The lowest BCUT2D eigenvalue weighted by atomic mass is 10.0. The van der Waals surface area contributed by atoms with Gasteiger partial charge in [0.1, 0.15) is 18.0 Å². The number of nitrogens with one attached hydrogen (secondary N) is 1. The summed E-state index contributed by atoms with van der Waals surface area (Å²) in [5, 5.41) is 2.76. The first-order valence-electron chi connectivity index (χ1n) is 10.5. The smallest absolute Gasteiger partial charge is 0.265 e. The van der Waals surface area contributed by atoms with Crippen molar-refractivity contribution in [2.75, 3.05) is 31.2 Å². The molecule has 2 amide bonds. The number of rotatable bonds is 9. The maximum Gasteiger partial charge on any atom is 0.265 e. The zero-order chi connectivity index (χ0) is 22.4. The zero-order valence-corrected chi connectivity index (χ0v) is 18.1. The van der Waals surface area contributed by atoms with Gasteiger partial charge in [-0.3, -0.25) is 19.3 Å². The summed E-state index contributed by atoms with van der Waals surface area (Å²) in [5.74, 6) is 0.679. The Kier molecular flexibility index (Phi) is 7.28. The number of ketones is 1. The van der Waals surface area contributed by atoms with Crippen molar-refractivity contribution in [1.29, 1.82) is 0 Å². The first-order valence-corrected chi connectivity index (χ1v) is 10.5. The molecule has 0 spiro atoms. The fourth-order valence-electron chi connectivity index (χ4n) is 3.19. The van der Waals surface area contributed by atoms with Crippen LogP contribution in [-0.4, -0.2) is 43.9 Å². The summed E-state index contributed by atoms with van der Waals surface area (Å²) in [7, 11) is 0. The number of anilines is 1. The van der Waals surface area contributed by atoms with Crippen molar-refractivity contribution in [2.45, 2.75) is 33.1 Å². The molecule has 0 atom stereocenters. The van der Waals surface area contributed by atoms with E-state index >= 15 is 0 Å². The Morgan fingerprint density at radius 3 is 2.58 bits per heavy atom. The van der Waals surface area contributed by atoms with Crippen molar-refractivity contribution in [1.82, 2.24) is 5.32 Å². The van der Waals surface area contributed by atoms with E-state index in [1.165, 1.54) is 10.5 Å². The molecule has 1 aliphatic rings. The third-order valence-electron chi connectivity index (χ3n) is 5.01. The van der Waals surface area contributed by atoms with Crippen molar-refractivity contribution in [3.05, 3.63) is 53.6 Å². The molecule has 0 aliphatic carbocycles. The molecule has 0 bridgehead atoms. The predicted octanol–water partition coefficient (Wildman–Crippen LogP) is 3.32. The first kappa shape index (κ1) is 22.3. The molecule has 7 nitrogen and oxygen atoms in total. The molecule has 7 heteroatoms. The molecule has 164 valence electrons. The zero-order valence-electron chi connectivity index (χ0n) is 18.1. The van der Waals surface area contributed by atoms with Crippen LogP contribution in [0.4, 0.5) is 5.69 Å². The van der Waals surface area contributed by atoms with E-state index in [-0.39, 0.29) is 37.4 Å². The van der Waals surface area contributed by atoms with Crippen LogP contribution in [0.5, 0.6) is 11.5 Å². The standard InChI is InChI=1S/C24H28N2O5/c1-4-11-25-23(28)13-26-20-12-18(7-10-22(20)31-15-24(26)29)21(27)14-30-19-8-5-17(6-9-19)16(2)3/h5-10,12,16H,4,11,13-15H2,1-3H3,(H,25,28). The summed E-state index contributed by atoms with van der Waals surface area (Å²) >= 11 is 0. The maximum atomic E-state index is 12.7. The summed E-state index contributed by atoms with van der Waals surface area (Å²) < 4.78 is 11.1. The number of carbonyl (C=O) groups is 3. The van der Waals surface area contributed by atoms with E-state index in [9.17, 15) is 14.4 Å². The van der Waals surface area contributed by atoms with Crippen molar-refractivity contribution in [3.63, 3.8) is 0 Å². The van der Waals surface area contributed by atoms with E-state index in [1.54, 1.807) is 18.2 Å². The van der Waals surface area contributed by atoms with Crippen LogP contribution in [0.15, 0.2) is 42.5 Å². The van der Waals surface area contributed by atoms with Gasteiger partial charge < -0.3 is 14.8 Å². The molecule has 0 saturated carbocycles. The van der Waals surface area contributed by atoms with Gasteiger partial charge in [0.05, 0.1) is 5.69 Å². The fourth-order valence-corrected chi connectivity index (χ4v) is 3.19. The minimum Gasteiger partial charge on any atom is -0.485 e. The molecule has 1 N–H and O–H groups in total. The van der Waals surface area contributed by atoms with Gasteiger partial charge >= 0.3 is 0 Å². The molecule has 2 aromatic carbocycles. The van der Waals surface area contributed by atoms with E-state index in [0.717, 1.165) is 6.42 Å². The molecule has 31 heavy (non-hydrogen) atoms. The lowest BCUT2D eigenvalue weighted by molar-refractivity contribution is -0.125. The third-order valence-corrected chi connectivity index (χ3v) is 5.01. The molecule has 0 fully saturated rings. The van der Waals surface area contributed by atoms with E-state index in [1.807, 2.05) is 31.2 Å². The van der Waals surface area contributed by atoms with Gasteiger partial charge in [-0.25, -0.2) is 0 Å². The quantitative estimate of drug-likeness (QED) is 0.624. The number of hydrogen-bond acceptors (Lipinski definition) is 5. The molecule has 3 rings (SSSR count). The number of hydrogen-bond donors (Lipinski definition) is 1. The number of fused-ring (bicyclic) bond motifs is 1. The second-order valence-electron chi connectivity index (χ2n) is 7.74. The average Bonchev–Trinajstić information content (AvgIpc) is 2.77. The normalized spacial score (nSPS) is 12.9. The van der Waals surface area contributed by atoms with E-state index in [0.29, 0.717) is 35.2 Å². The predicted molar refractivity (Wildman–Crippen MR) is 118 cm³/mol. The summed E-state index contributed by atoms with van der Waals surface area (Å²) in [4.78, 5) is 38.5. The number of carbonyl (C=O) groups excluding carboxylic acids is 3. The van der Waals surface area contributed by atoms with Crippen LogP contribution in [-0.2, 0) is 9.59 Å². The van der Waals surface area contributed by atoms with Crippen LogP contribution in [0.3, 0.4) is 0 Å². The SMILES string of the molecule is CCCNC(=O)CN1C(=O)COc2ccc(C(=O)COc3ccc(C(C)C)cc3)cc21. The van der Waals surface area contributed by atoms with Gasteiger partial charge in [0.2, 0.25) is 5.91 Å². The topological polar surface area (TPSA) is 84.9 Å². The number of benzene rings is 2. The van der Waals surface area contributed by atoms with Crippen molar-refractivity contribution in [2.24, 2.45) is 0 Å². The molecule has 1 heterocycles. The first-order chi connectivity index (χ1) is 14.9.